The second-order valence-electron chi connectivity index (χ2n) is 8.80. The molecule has 0 amide bonds. The Morgan fingerprint density at radius 3 is 2.69 bits per heavy atom. The van der Waals surface area contributed by atoms with E-state index in [0.717, 1.165) is 15.8 Å². The van der Waals surface area contributed by atoms with Crippen LogP contribution in [0.1, 0.15) is 31.0 Å². The normalized spacial score (nSPS) is 14.8. The van der Waals surface area contributed by atoms with Gasteiger partial charge in [0.1, 0.15) is 11.8 Å². The number of carbonyl (C=O) groups excluding carboxylic acids is 1. The van der Waals surface area contributed by atoms with Crippen molar-refractivity contribution in [3.05, 3.63) is 112 Å². The molecule has 14 heteroatoms. The van der Waals surface area contributed by atoms with E-state index in [2.05, 4.69) is 30.9 Å². The number of non-ortho nitro benzene ring substituents is 1. The highest BCUT2D eigenvalue weighted by molar-refractivity contribution is 9.10. The number of methoxy groups -OCH3 is 1. The van der Waals surface area contributed by atoms with Crippen molar-refractivity contribution in [2.75, 3.05) is 13.7 Å². The topological polar surface area (TPSA) is 139 Å². The number of carbonyl (C=O) groups is 1. The van der Waals surface area contributed by atoms with Gasteiger partial charge in [0.25, 0.3) is 11.2 Å². The first-order valence-electron chi connectivity index (χ1n) is 12.5. The summed E-state index contributed by atoms with van der Waals surface area (Å²) in [6.45, 7) is 3.53. The van der Waals surface area contributed by atoms with Crippen molar-refractivity contribution < 1.29 is 19.2 Å². The summed E-state index contributed by atoms with van der Waals surface area (Å²) >= 11 is 5.81. The van der Waals surface area contributed by atoms with E-state index in [9.17, 15) is 19.7 Å². The zero-order valence-corrected chi connectivity index (χ0v) is 25.7. The standard InChI is InChI=1S/C28H22BrN5O6S2/c1-4-40-26(36)23-15(2)32-28-33(24(23)19-14-17(29)6-8-20(19)39-3)25(35)22(42-28)13-16-12-18(34(37)38)7-9-21(16)41-27-30-10-5-11-31-27/h5-14,24H,4H2,1-3H3/b22-13-/t24-/m0/s1. The molecule has 2 aromatic heterocycles. The van der Waals surface area contributed by atoms with Gasteiger partial charge in [-0.3, -0.25) is 19.5 Å². The van der Waals surface area contributed by atoms with Crippen LogP contribution in [0.3, 0.4) is 0 Å². The van der Waals surface area contributed by atoms with Crippen LogP contribution in [0.4, 0.5) is 5.69 Å². The summed E-state index contributed by atoms with van der Waals surface area (Å²) in [6, 6.07) is 10.5. The van der Waals surface area contributed by atoms with Gasteiger partial charge in [0.2, 0.25) is 0 Å². The van der Waals surface area contributed by atoms with Crippen LogP contribution < -0.4 is 19.6 Å². The highest BCUT2D eigenvalue weighted by Crippen LogP contribution is 2.37. The number of nitrogens with zero attached hydrogens (tertiary/aromatic N) is 5. The van der Waals surface area contributed by atoms with Crippen molar-refractivity contribution in [2.45, 2.75) is 29.9 Å². The van der Waals surface area contributed by atoms with E-state index in [1.165, 1.54) is 35.6 Å². The summed E-state index contributed by atoms with van der Waals surface area (Å²) in [5.41, 5.74) is 1.04. The Balaban J connectivity index is 1.75. The summed E-state index contributed by atoms with van der Waals surface area (Å²) < 4.78 is 13.4. The van der Waals surface area contributed by atoms with Crippen LogP contribution in [-0.2, 0) is 9.53 Å². The van der Waals surface area contributed by atoms with Gasteiger partial charge < -0.3 is 9.47 Å². The molecule has 0 fully saturated rings. The van der Waals surface area contributed by atoms with Crippen LogP contribution in [0, 0.1) is 10.1 Å². The van der Waals surface area contributed by atoms with Crippen molar-refractivity contribution in [3.8, 4) is 5.75 Å². The smallest absolute Gasteiger partial charge is 0.338 e. The van der Waals surface area contributed by atoms with Crippen LogP contribution >= 0.6 is 39.0 Å². The summed E-state index contributed by atoms with van der Waals surface area (Å²) in [5, 5.41) is 12.0. The van der Waals surface area contributed by atoms with Crippen LogP contribution in [0.25, 0.3) is 6.08 Å². The molecule has 1 aliphatic rings. The van der Waals surface area contributed by atoms with Gasteiger partial charge in [-0.05, 0) is 67.6 Å². The molecule has 4 aromatic rings. The molecular formula is C28H22BrN5O6S2. The number of hydrogen-bond donors (Lipinski definition) is 0. The van der Waals surface area contributed by atoms with Crippen LogP contribution in [0.5, 0.6) is 5.75 Å². The van der Waals surface area contributed by atoms with Crippen molar-refractivity contribution in [1.29, 1.82) is 0 Å². The van der Waals surface area contributed by atoms with E-state index in [-0.39, 0.29) is 22.4 Å². The van der Waals surface area contributed by atoms with Crippen LogP contribution in [-0.4, -0.2) is 39.1 Å². The number of halogens is 1. The summed E-state index contributed by atoms with van der Waals surface area (Å²) in [4.78, 5) is 52.4. The summed E-state index contributed by atoms with van der Waals surface area (Å²) in [5.74, 6) is -0.130. The van der Waals surface area contributed by atoms with E-state index < -0.39 is 22.5 Å². The number of allylic oxidation sites excluding steroid dienone is 1. The first-order valence-corrected chi connectivity index (χ1v) is 14.9. The maximum absolute atomic E-state index is 14.1. The number of benzene rings is 2. The quantitative estimate of drug-likeness (QED) is 0.116. The molecule has 0 spiro atoms. The third-order valence-electron chi connectivity index (χ3n) is 6.24. The molecule has 5 rings (SSSR count). The van der Waals surface area contributed by atoms with E-state index >= 15 is 0 Å². The van der Waals surface area contributed by atoms with Crippen molar-refractivity contribution >= 4 is 56.8 Å². The Labute approximate surface area is 255 Å². The molecule has 0 N–H and O–H groups in total. The Morgan fingerprint density at radius 2 is 2.00 bits per heavy atom. The lowest BCUT2D eigenvalue weighted by Gasteiger charge is -2.26. The highest BCUT2D eigenvalue weighted by atomic mass is 79.9. The minimum atomic E-state index is -0.897. The van der Waals surface area contributed by atoms with E-state index in [1.807, 2.05) is 0 Å². The molecule has 11 nitrogen and oxygen atoms in total. The number of ether oxygens (including phenoxy) is 2. The number of rotatable bonds is 8. The van der Waals surface area contributed by atoms with Gasteiger partial charge >= 0.3 is 5.97 Å². The van der Waals surface area contributed by atoms with Gasteiger partial charge in [0.15, 0.2) is 9.96 Å². The van der Waals surface area contributed by atoms with Gasteiger partial charge in [0.05, 0.1) is 34.4 Å². The predicted molar refractivity (Wildman–Crippen MR) is 160 cm³/mol. The van der Waals surface area contributed by atoms with Crippen LogP contribution in [0.2, 0.25) is 0 Å². The second-order valence-corrected chi connectivity index (χ2v) is 11.7. The average Bonchev–Trinajstić information content (AvgIpc) is 3.27. The van der Waals surface area contributed by atoms with Crippen molar-refractivity contribution in [3.63, 3.8) is 0 Å². The summed E-state index contributed by atoms with van der Waals surface area (Å²) in [6.07, 6.45) is 4.77. The molecule has 0 unspecified atom stereocenters. The SMILES string of the molecule is CCOC(=O)C1=C(C)N=c2s/c(=C\c3cc([N+](=O)[O-])ccc3Sc3ncccn3)c(=O)n2[C@H]1c1cc(Br)ccc1OC. The fourth-order valence-electron chi connectivity index (χ4n) is 4.44. The number of nitro benzene ring substituents is 1. The first kappa shape index (κ1) is 29.4. The Hall–Kier alpha value is -4.14. The number of fused-ring (bicyclic) bond motifs is 1. The monoisotopic (exact) mass is 667 g/mol. The minimum absolute atomic E-state index is 0.135. The molecule has 1 atom stereocenters. The largest absolute Gasteiger partial charge is 0.496 e. The van der Waals surface area contributed by atoms with Crippen LogP contribution in [0.15, 0.2) is 90.4 Å². The number of esters is 1. The van der Waals surface area contributed by atoms with Crippen molar-refractivity contribution in [1.82, 2.24) is 14.5 Å². The van der Waals surface area contributed by atoms with Gasteiger partial charge in [-0.15, -0.1) is 0 Å². The Kier molecular flexibility index (Phi) is 8.66. The molecular weight excluding hydrogens is 646 g/mol. The molecule has 0 saturated heterocycles. The summed E-state index contributed by atoms with van der Waals surface area (Å²) in [7, 11) is 1.51. The van der Waals surface area contributed by atoms with E-state index in [0.29, 0.717) is 37.4 Å². The van der Waals surface area contributed by atoms with Gasteiger partial charge in [-0.25, -0.2) is 19.8 Å². The van der Waals surface area contributed by atoms with Crippen molar-refractivity contribution in [2.24, 2.45) is 4.99 Å². The zero-order chi connectivity index (χ0) is 30.0. The molecule has 0 bridgehead atoms. The molecule has 1 aliphatic heterocycles. The Bertz CT molecular complexity index is 1920. The maximum atomic E-state index is 14.1. The lowest BCUT2D eigenvalue weighted by atomic mass is 9.95. The zero-order valence-electron chi connectivity index (χ0n) is 22.4. The Morgan fingerprint density at radius 1 is 1.24 bits per heavy atom. The van der Waals surface area contributed by atoms with E-state index in [1.54, 1.807) is 62.6 Å². The maximum Gasteiger partial charge on any atom is 0.338 e. The predicted octanol–water partition coefficient (Wildman–Crippen LogP) is 4.42. The minimum Gasteiger partial charge on any atom is -0.496 e. The second kappa shape index (κ2) is 12.4. The third-order valence-corrected chi connectivity index (χ3v) is 8.70. The van der Waals surface area contributed by atoms with Gasteiger partial charge in [-0.1, -0.05) is 27.3 Å². The molecule has 0 radical (unpaired) electrons. The molecule has 2 aromatic carbocycles. The average molecular weight is 669 g/mol. The number of aromatic nitrogens is 3. The lowest BCUT2D eigenvalue weighted by molar-refractivity contribution is -0.384. The first-order chi connectivity index (χ1) is 20.2. The fraction of sp³-hybridized carbons (Fsp3) is 0.179. The van der Waals surface area contributed by atoms with Gasteiger partial charge in [0, 0.05) is 39.5 Å². The number of hydrogen-bond acceptors (Lipinski definition) is 11. The molecule has 0 saturated carbocycles. The number of thiazole rings is 1. The highest BCUT2D eigenvalue weighted by Gasteiger charge is 2.35. The van der Waals surface area contributed by atoms with Gasteiger partial charge in [-0.2, -0.15) is 0 Å². The molecule has 0 aliphatic carbocycles. The molecule has 3 heterocycles. The third kappa shape index (κ3) is 5.78. The molecule has 42 heavy (non-hydrogen) atoms. The van der Waals surface area contributed by atoms with E-state index in [4.69, 9.17) is 9.47 Å². The molecule has 214 valence electrons. The fourth-order valence-corrected chi connectivity index (χ4v) is 6.65. The lowest BCUT2D eigenvalue weighted by Crippen LogP contribution is -2.40. The number of nitro groups is 1.